The van der Waals surface area contributed by atoms with E-state index in [4.69, 9.17) is 20.8 Å². The van der Waals surface area contributed by atoms with Gasteiger partial charge in [0.25, 0.3) is 5.89 Å². The summed E-state index contributed by atoms with van der Waals surface area (Å²) in [6.07, 6.45) is 0.896. The molecule has 0 radical (unpaired) electrons. The number of nitrogens with one attached hydrogen (secondary N) is 1. The lowest BCUT2D eigenvalue weighted by Crippen LogP contribution is -2.33. The highest BCUT2D eigenvalue weighted by Gasteiger charge is 2.16. The number of aromatic nitrogens is 2. The van der Waals surface area contributed by atoms with E-state index in [0.717, 1.165) is 17.8 Å². The number of thiophene rings is 1. The van der Waals surface area contributed by atoms with Gasteiger partial charge in [0.2, 0.25) is 11.8 Å². The number of hydrogen-bond acceptors (Lipinski definition) is 7. The van der Waals surface area contributed by atoms with Crippen molar-refractivity contribution in [1.29, 1.82) is 0 Å². The molecule has 0 aliphatic rings. The summed E-state index contributed by atoms with van der Waals surface area (Å²) in [5.41, 5.74) is 0.616. The van der Waals surface area contributed by atoms with E-state index in [1.165, 1.54) is 0 Å². The van der Waals surface area contributed by atoms with E-state index in [1.807, 2.05) is 22.4 Å². The molecule has 0 bridgehead atoms. The van der Waals surface area contributed by atoms with Crippen molar-refractivity contribution < 1.29 is 13.9 Å². The van der Waals surface area contributed by atoms with Gasteiger partial charge < -0.3 is 14.5 Å². The average molecular weight is 421 g/mol. The van der Waals surface area contributed by atoms with Gasteiger partial charge in [-0.1, -0.05) is 24.6 Å². The predicted octanol–water partition coefficient (Wildman–Crippen LogP) is 4.31. The number of rotatable bonds is 9. The van der Waals surface area contributed by atoms with Gasteiger partial charge in [-0.05, 0) is 42.6 Å². The van der Waals surface area contributed by atoms with Gasteiger partial charge in [0.15, 0.2) is 0 Å². The smallest absolute Gasteiger partial charge is 0.257 e. The Hall–Kier alpha value is -2.42. The first-order valence-corrected chi connectivity index (χ1v) is 10.1. The number of hydrogen-bond donors (Lipinski definition) is 1. The molecule has 2 aromatic heterocycles. The second kappa shape index (κ2) is 9.68. The molecule has 1 amide bonds. The summed E-state index contributed by atoms with van der Waals surface area (Å²) in [5, 5.41) is 13.4. The first kappa shape index (κ1) is 20.3. The van der Waals surface area contributed by atoms with E-state index in [-0.39, 0.29) is 12.5 Å². The molecule has 148 valence electrons. The fourth-order valence-electron chi connectivity index (χ4n) is 2.69. The molecule has 0 fully saturated rings. The summed E-state index contributed by atoms with van der Waals surface area (Å²) in [6.45, 7) is 3.39. The largest absolute Gasteiger partial charge is 0.495 e. The molecule has 2 heterocycles. The quantitative estimate of drug-likeness (QED) is 0.555. The highest BCUT2D eigenvalue weighted by molar-refractivity contribution is 7.13. The molecular formula is C19H21ClN4O3S. The number of nitrogens with zero attached hydrogens (tertiary/aromatic N) is 3. The summed E-state index contributed by atoms with van der Waals surface area (Å²) in [6, 6.07) is 8.99. The topological polar surface area (TPSA) is 80.5 Å². The summed E-state index contributed by atoms with van der Waals surface area (Å²) in [7, 11) is 1.55. The Labute approximate surface area is 172 Å². The van der Waals surface area contributed by atoms with Gasteiger partial charge in [0.1, 0.15) is 5.75 Å². The third kappa shape index (κ3) is 5.31. The van der Waals surface area contributed by atoms with Crippen LogP contribution in [0.1, 0.15) is 19.2 Å². The van der Waals surface area contributed by atoms with Crippen LogP contribution in [0.4, 0.5) is 5.69 Å². The number of halogens is 1. The molecule has 0 aliphatic heterocycles. The van der Waals surface area contributed by atoms with Gasteiger partial charge in [0.05, 0.1) is 30.1 Å². The van der Waals surface area contributed by atoms with E-state index in [1.54, 1.807) is 36.6 Å². The Bertz CT molecular complexity index is 914. The maximum absolute atomic E-state index is 12.5. The second-order valence-electron chi connectivity index (χ2n) is 6.09. The standard InChI is InChI=1S/C19H21ClN4O3S/c1-3-8-24(12-18-22-23-19(27-18)16-5-4-9-28-16)11-17(25)21-13-6-7-15(26-2)14(20)10-13/h4-7,9-10H,3,8,11-12H2,1-2H3,(H,21,25). The number of methoxy groups -OCH3 is 1. The Morgan fingerprint density at radius 2 is 2.21 bits per heavy atom. The van der Waals surface area contributed by atoms with Crippen LogP contribution in [0.15, 0.2) is 40.1 Å². The van der Waals surface area contributed by atoms with Crippen LogP contribution >= 0.6 is 22.9 Å². The summed E-state index contributed by atoms with van der Waals surface area (Å²) < 4.78 is 10.9. The maximum Gasteiger partial charge on any atom is 0.257 e. The number of anilines is 1. The lowest BCUT2D eigenvalue weighted by Gasteiger charge is -2.19. The molecule has 3 rings (SSSR count). The van der Waals surface area contributed by atoms with E-state index in [2.05, 4.69) is 22.4 Å². The molecule has 0 saturated heterocycles. The molecule has 9 heteroatoms. The SMILES string of the molecule is CCCN(CC(=O)Nc1ccc(OC)c(Cl)c1)Cc1nnc(-c2cccs2)o1. The van der Waals surface area contributed by atoms with Crippen molar-refractivity contribution >= 4 is 34.5 Å². The lowest BCUT2D eigenvalue weighted by molar-refractivity contribution is -0.117. The zero-order chi connectivity index (χ0) is 19.9. The number of carbonyl (C=O) groups is 1. The molecule has 0 spiro atoms. The maximum atomic E-state index is 12.5. The second-order valence-corrected chi connectivity index (χ2v) is 7.44. The minimum absolute atomic E-state index is 0.146. The predicted molar refractivity (Wildman–Crippen MR) is 110 cm³/mol. The van der Waals surface area contributed by atoms with E-state index >= 15 is 0 Å². The molecule has 0 saturated carbocycles. The summed E-state index contributed by atoms with van der Waals surface area (Å²) >= 11 is 7.65. The fraction of sp³-hybridized carbons (Fsp3) is 0.316. The van der Waals surface area contributed by atoms with Crippen LogP contribution in [0.5, 0.6) is 5.75 Å². The van der Waals surface area contributed by atoms with Crippen molar-refractivity contribution in [2.24, 2.45) is 0 Å². The lowest BCUT2D eigenvalue weighted by atomic mass is 10.3. The van der Waals surface area contributed by atoms with Gasteiger partial charge >= 0.3 is 0 Å². The number of amides is 1. The Morgan fingerprint density at radius 1 is 1.36 bits per heavy atom. The molecule has 1 N–H and O–H groups in total. The van der Waals surface area contributed by atoms with Crippen LogP contribution in [-0.4, -0.2) is 41.2 Å². The number of benzene rings is 1. The van der Waals surface area contributed by atoms with Crippen LogP contribution in [-0.2, 0) is 11.3 Å². The van der Waals surface area contributed by atoms with Gasteiger partial charge in [-0.25, -0.2) is 0 Å². The minimum atomic E-state index is -0.146. The van der Waals surface area contributed by atoms with E-state index in [9.17, 15) is 4.79 Å². The average Bonchev–Trinajstić information content (AvgIpc) is 3.33. The fourth-order valence-corrected chi connectivity index (χ4v) is 3.59. The van der Waals surface area contributed by atoms with Crippen molar-refractivity contribution in [3.8, 4) is 16.5 Å². The van der Waals surface area contributed by atoms with Crippen LogP contribution in [0.3, 0.4) is 0 Å². The first-order valence-electron chi connectivity index (χ1n) is 8.81. The molecule has 0 atom stereocenters. The molecule has 7 nitrogen and oxygen atoms in total. The van der Waals surface area contributed by atoms with Crippen LogP contribution in [0.25, 0.3) is 10.8 Å². The number of carbonyl (C=O) groups excluding carboxylic acids is 1. The summed E-state index contributed by atoms with van der Waals surface area (Å²) in [4.78, 5) is 15.3. The first-order chi connectivity index (χ1) is 13.6. The Balaban J connectivity index is 1.61. The Kier molecular flexibility index (Phi) is 7.02. The van der Waals surface area contributed by atoms with E-state index < -0.39 is 0 Å². The van der Waals surface area contributed by atoms with Crippen LogP contribution in [0.2, 0.25) is 5.02 Å². The molecule has 0 unspecified atom stereocenters. The van der Waals surface area contributed by atoms with Crippen LogP contribution < -0.4 is 10.1 Å². The summed E-state index contributed by atoms with van der Waals surface area (Å²) in [5.74, 6) is 1.40. The van der Waals surface area contributed by atoms with Crippen molar-refractivity contribution in [3.05, 3.63) is 46.6 Å². The highest BCUT2D eigenvalue weighted by Crippen LogP contribution is 2.27. The molecule has 28 heavy (non-hydrogen) atoms. The molecule has 3 aromatic rings. The van der Waals surface area contributed by atoms with Crippen molar-refractivity contribution in [2.45, 2.75) is 19.9 Å². The number of ether oxygens (including phenoxy) is 1. The third-order valence-electron chi connectivity index (χ3n) is 3.90. The van der Waals surface area contributed by atoms with E-state index in [0.29, 0.717) is 34.8 Å². The van der Waals surface area contributed by atoms with Gasteiger partial charge in [-0.2, -0.15) is 0 Å². The monoisotopic (exact) mass is 420 g/mol. The zero-order valence-corrected chi connectivity index (χ0v) is 17.2. The normalized spacial score (nSPS) is 11.0. The van der Waals surface area contributed by atoms with Crippen molar-refractivity contribution in [3.63, 3.8) is 0 Å². The zero-order valence-electron chi connectivity index (χ0n) is 15.6. The van der Waals surface area contributed by atoms with Crippen LogP contribution in [0, 0.1) is 0 Å². The molecule has 1 aromatic carbocycles. The Morgan fingerprint density at radius 3 is 2.89 bits per heavy atom. The van der Waals surface area contributed by atoms with Gasteiger partial charge in [0, 0.05) is 5.69 Å². The van der Waals surface area contributed by atoms with Gasteiger partial charge in [-0.15, -0.1) is 21.5 Å². The van der Waals surface area contributed by atoms with Crippen molar-refractivity contribution in [2.75, 3.05) is 25.5 Å². The minimum Gasteiger partial charge on any atom is -0.495 e. The molecular weight excluding hydrogens is 400 g/mol. The highest BCUT2D eigenvalue weighted by atomic mass is 35.5. The molecule has 0 aliphatic carbocycles. The third-order valence-corrected chi connectivity index (χ3v) is 5.05. The van der Waals surface area contributed by atoms with Crippen molar-refractivity contribution in [1.82, 2.24) is 15.1 Å². The van der Waals surface area contributed by atoms with Gasteiger partial charge in [-0.3, -0.25) is 9.69 Å².